The number of aliphatic hydroxyl groups is 1. The van der Waals surface area contributed by atoms with E-state index in [0.717, 1.165) is 77.4 Å². The number of allylic oxidation sites excluding steroid dienone is 2. The van der Waals surface area contributed by atoms with Crippen LogP contribution in [0.25, 0.3) is 0 Å². The highest BCUT2D eigenvalue weighted by molar-refractivity contribution is 6.10. The Morgan fingerprint density at radius 2 is 1.42 bits per heavy atom. The maximum atomic E-state index is 13.4. The van der Waals surface area contributed by atoms with Gasteiger partial charge < -0.3 is 14.7 Å². The Bertz CT molecular complexity index is 1320. The Morgan fingerprint density at radius 1 is 0.736 bits per heavy atom. The van der Waals surface area contributed by atoms with Crippen LogP contribution in [0.1, 0.15) is 142 Å². The molecule has 7 fully saturated rings. The van der Waals surface area contributed by atoms with E-state index in [1.165, 1.54) is 81.9 Å². The number of hydrogen-bond acceptors (Lipinski definition) is 8. The average Bonchev–Trinajstić information content (AvgIpc) is 3.43. The molecule has 0 bridgehead atoms. The zero-order chi connectivity index (χ0) is 36.9. The molecule has 0 spiro atoms. The molecule has 10 nitrogen and oxygen atoms in total. The van der Waals surface area contributed by atoms with E-state index in [1.54, 1.807) is 0 Å². The molecule has 0 radical (unpaired) electrons. The van der Waals surface area contributed by atoms with Crippen LogP contribution in [-0.2, 0) is 23.9 Å². The number of likely N-dealkylation sites (tertiary alicyclic amines) is 1. The van der Waals surface area contributed by atoms with E-state index in [0.29, 0.717) is 36.8 Å². The number of nitrogens with zero attached hydrogens (tertiary/aromatic N) is 3. The quantitative estimate of drug-likeness (QED) is 0.148. The number of fused-ring (bicyclic) bond motifs is 1. The molecule has 7 aliphatic rings. The number of piperidine rings is 1. The van der Waals surface area contributed by atoms with Gasteiger partial charge >= 0.3 is 0 Å². The summed E-state index contributed by atoms with van der Waals surface area (Å²) < 4.78 is 6.50. The lowest BCUT2D eigenvalue weighted by atomic mass is 9.68. The molecule has 4 aliphatic carbocycles. The molecule has 3 aliphatic heterocycles. The van der Waals surface area contributed by atoms with Crippen molar-refractivity contribution in [3.05, 3.63) is 11.1 Å². The summed E-state index contributed by atoms with van der Waals surface area (Å²) in [6, 6.07) is -0.548. The van der Waals surface area contributed by atoms with Gasteiger partial charge in [-0.3, -0.25) is 34.3 Å². The number of imide groups is 2. The second kappa shape index (κ2) is 18.2. The van der Waals surface area contributed by atoms with Gasteiger partial charge in [-0.1, -0.05) is 37.3 Å². The highest BCUT2D eigenvalue weighted by Gasteiger charge is 2.54. The second-order valence-electron chi connectivity index (χ2n) is 17.8. The number of hydrogen-bond donors (Lipinski definition) is 2. The lowest BCUT2D eigenvalue weighted by molar-refractivity contribution is -0.151. The molecule has 4 saturated carbocycles. The van der Waals surface area contributed by atoms with E-state index in [9.17, 15) is 24.3 Å². The van der Waals surface area contributed by atoms with Gasteiger partial charge in [0.2, 0.25) is 23.6 Å². The van der Waals surface area contributed by atoms with Crippen LogP contribution < -0.4 is 5.32 Å². The zero-order valence-corrected chi connectivity index (χ0v) is 32.6. The number of unbranched alkanes of at least 4 members (excludes halogenated alkanes) is 1. The summed E-state index contributed by atoms with van der Waals surface area (Å²) >= 11 is 0. The van der Waals surface area contributed by atoms with Gasteiger partial charge in [-0.2, -0.15) is 0 Å². The molecule has 10 heteroatoms. The summed E-state index contributed by atoms with van der Waals surface area (Å²) in [4.78, 5) is 57.0. The zero-order valence-electron chi connectivity index (χ0n) is 32.6. The van der Waals surface area contributed by atoms with Crippen molar-refractivity contribution in [3.63, 3.8) is 0 Å². The van der Waals surface area contributed by atoms with E-state index < -0.39 is 11.9 Å². The number of nitrogens with one attached hydrogen (secondary N) is 1. The summed E-state index contributed by atoms with van der Waals surface area (Å²) in [6.07, 6.45) is 22.6. The first-order chi connectivity index (χ1) is 25.8. The molecule has 7 rings (SSSR count). The number of rotatable bonds is 12. The summed E-state index contributed by atoms with van der Waals surface area (Å²) in [5.74, 6) is 0.260. The number of carbonyl (C=O) groups is 4. The first kappa shape index (κ1) is 39.1. The minimum Gasteiger partial charge on any atom is -0.393 e. The third-order valence-electron chi connectivity index (χ3n) is 14.7. The van der Waals surface area contributed by atoms with Crippen LogP contribution >= 0.6 is 0 Å². The van der Waals surface area contributed by atoms with Crippen molar-refractivity contribution < 1.29 is 29.0 Å². The summed E-state index contributed by atoms with van der Waals surface area (Å²) in [6.45, 7) is 8.39. The predicted molar refractivity (Wildman–Crippen MR) is 203 cm³/mol. The van der Waals surface area contributed by atoms with E-state index in [4.69, 9.17) is 4.74 Å². The van der Waals surface area contributed by atoms with Crippen LogP contribution in [-0.4, -0.2) is 107 Å². The maximum absolute atomic E-state index is 13.4. The van der Waals surface area contributed by atoms with E-state index >= 15 is 0 Å². The number of ether oxygens (including phenoxy) is 1. The fourth-order valence-corrected chi connectivity index (χ4v) is 11.8. The predicted octanol–water partition coefficient (Wildman–Crippen LogP) is 5.76. The second-order valence-corrected chi connectivity index (χ2v) is 17.8. The number of amides is 4. The largest absolute Gasteiger partial charge is 0.393 e. The highest BCUT2D eigenvalue weighted by atomic mass is 16.5. The van der Waals surface area contributed by atoms with Crippen molar-refractivity contribution in [2.45, 2.75) is 166 Å². The van der Waals surface area contributed by atoms with Gasteiger partial charge in [-0.25, -0.2) is 0 Å². The Labute approximate surface area is 318 Å². The summed E-state index contributed by atoms with van der Waals surface area (Å²) in [7, 11) is 0. The van der Waals surface area contributed by atoms with Crippen LogP contribution in [0.15, 0.2) is 11.1 Å². The minimum absolute atomic E-state index is 0.0898. The molecule has 296 valence electrons. The van der Waals surface area contributed by atoms with Gasteiger partial charge in [0, 0.05) is 45.2 Å². The number of carbonyl (C=O) groups excluding carboxylic acids is 4. The Morgan fingerprint density at radius 3 is 2.09 bits per heavy atom. The summed E-state index contributed by atoms with van der Waals surface area (Å²) in [5.41, 5.74) is 3.67. The van der Waals surface area contributed by atoms with Gasteiger partial charge in [-0.05, 0) is 133 Å². The molecule has 53 heavy (non-hydrogen) atoms. The van der Waals surface area contributed by atoms with Crippen LogP contribution in [0.5, 0.6) is 0 Å². The smallest absolute Gasteiger partial charge is 0.249 e. The van der Waals surface area contributed by atoms with Gasteiger partial charge in [0.05, 0.1) is 24.0 Å². The molecule has 3 saturated heterocycles. The normalized spacial score (nSPS) is 36.0. The molecular weight excluding hydrogens is 668 g/mol. The van der Waals surface area contributed by atoms with Crippen LogP contribution in [0.2, 0.25) is 0 Å². The van der Waals surface area contributed by atoms with Crippen LogP contribution in [0, 0.1) is 29.6 Å². The molecule has 3 heterocycles. The van der Waals surface area contributed by atoms with Crippen molar-refractivity contribution in [1.29, 1.82) is 0 Å². The van der Waals surface area contributed by atoms with Gasteiger partial charge in [0.1, 0.15) is 6.04 Å². The Hall–Kier alpha value is -2.14. The van der Waals surface area contributed by atoms with E-state index in [1.807, 2.05) is 11.1 Å². The molecule has 4 amide bonds. The molecule has 4 atom stereocenters. The first-order valence-electron chi connectivity index (χ1n) is 22.0. The van der Waals surface area contributed by atoms with Crippen LogP contribution in [0.4, 0.5) is 0 Å². The fourth-order valence-electron chi connectivity index (χ4n) is 11.8. The molecular formula is C43H68N4O6. The summed E-state index contributed by atoms with van der Waals surface area (Å²) in [5, 5.41) is 12.6. The van der Waals surface area contributed by atoms with Gasteiger partial charge in [0.25, 0.3) is 0 Å². The SMILES string of the molecule is CC/C(=C(\C1CCC(O)CC1)C1CCC(OCCCCN2CCN(C3CCC4C(=O)N(C5CCC(=O)NC5=O)C(=O)C4C3)CC2)CC1)C1CCCCC1. The van der Waals surface area contributed by atoms with Crippen LogP contribution in [0.3, 0.4) is 0 Å². The molecule has 0 aromatic rings. The van der Waals surface area contributed by atoms with Gasteiger partial charge in [0.15, 0.2) is 0 Å². The standard InChI is InChI=1S/C43H68N4O6/c1-2-35(29-8-4-3-5-9-29)40(30-10-15-33(48)16-11-30)31-12-17-34(18-13-31)53-27-7-6-22-45-23-25-46(26-24-45)32-14-19-36-37(28-32)43(52)47(42(36)51)38-20-21-39(49)44-41(38)50/h29-34,36-38,48H,2-28H2,1H3,(H,44,49,50)/b40-35-. The fraction of sp³-hybridized carbons (Fsp3) is 0.860. The maximum Gasteiger partial charge on any atom is 0.249 e. The highest BCUT2D eigenvalue weighted by Crippen LogP contribution is 2.46. The third kappa shape index (κ3) is 9.13. The molecule has 0 aromatic carbocycles. The molecule has 2 N–H and O–H groups in total. The molecule has 4 unspecified atom stereocenters. The Kier molecular flexibility index (Phi) is 13.4. The van der Waals surface area contributed by atoms with Gasteiger partial charge in [-0.15, -0.1) is 0 Å². The molecule has 0 aromatic heterocycles. The first-order valence-corrected chi connectivity index (χ1v) is 22.0. The number of piperazine rings is 1. The third-order valence-corrected chi connectivity index (χ3v) is 14.7. The van der Waals surface area contributed by atoms with E-state index in [2.05, 4.69) is 22.0 Å². The Balaban J connectivity index is 0.803. The topological polar surface area (TPSA) is 119 Å². The monoisotopic (exact) mass is 737 g/mol. The van der Waals surface area contributed by atoms with Crippen molar-refractivity contribution in [1.82, 2.24) is 20.0 Å². The average molecular weight is 737 g/mol. The van der Waals surface area contributed by atoms with E-state index in [-0.39, 0.29) is 48.5 Å². The lowest BCUT2D eigenvalue weighted by Crippen LogP contribution is -2.54. The lowest BCUT2D eigenvalue weighted by Gasteiger charge is -2.42. The minimum atomic E-state index is -0.843. The number of aliphatic hydroxyl groups excluding tert-OH is 1. The van der Waals surface area contributed by atoms with Crippen molar-refractivity contribution in [2.75, 3.05) is 39.3 Å². The van der Waals surface area contributed by atoms with Crippen molar-refractivity contribution in [2.24, 2.45) is 29.6 Å². The van der Waals surface area contributed by atoms with Crippen molar-refractivity contribution >= 4 is 23.6 Å². The van der Waals surface area contributed by atoms with Crippen molar-refractivity contribution in [3.8, 4) is 0 Å².